The second kappa shape index (κ2) is 6.93. The van der Waals surface area contributed by atoms with E-state index in [0.29, 0.717) is 10.7 Å². The summed E-state index contributed by atoms with van der Waals surface area (Å²) in [6, 6.07) is 3.77. The van der Waals surface area contributed by atoms with Crippen molar-refractivity contribution in [1.82, 2.24) is 4.90 Å². The molecular weight excluding hydrogens is 279 g/mol. The van der Waals surface area contributed by atoms with E-state index >= 15 is 0 Å². The zero-order valence-corrected chi connectivity index (χ0v) is 12.4. The Morgan fingerprint density at radius 2 is 1.95 bits per heavy atom. The molecule has 1 aromatic rings. The van der Waals surface area contributed by atoms with Crippen molar-refractivity contribution in [2.45, 2.75) is 38.6 Å². The first-order valence-corrected chi connectivity index (χ1v) is 7.46. The number of nitrogens with one attached hydrogen (secondary N) is 1. The van der Waals surface area contributed by atoms with Gasteiger partial charge >= 0.3 is 0 Å². The third-order valence-corrected chi connectivity index (χ3v) is 3.90. The van der Waals surface area contributed by atoms with E-state index in [-0.39, 0.29) is 17.8 Å². The van der Waals surface area contributed by atoms with Gasteiger partial charge in [0.15, 0.2) is 0 Å². The number of hydrogen-bond donors (Lipinski definition) is 1. The lowest BCUT2D eigenvalue weighted by atomic mass is 10.2. The zero-order valence-electron chi connectivity index (χ0n) is 11.7. The van der Waals surface area contributed by atoms with Crippen molar-refractivity contribution >= 4 is 23.2 Å². The van der Waals surface area contributed by atoms with Crippen LogP contribution in [0.3, 0.4) is 0 Å². The van der Waals surface area contributed by atoms with E-state index in [4.69, 9.17) is 11.6 Å². The van der Waals surface area contributed by atoms with Crippen LogP contribution in [0.25, 0.3) is 0 Å². The highest BCUT2D eigenvalue weighted by atomic mass is 35.5. The molecule has 0 aromatic heterocycles. The fourth-order valence-corrected chi connectivity index (χ4v) is 2.69. The Hall–Kier alpha value is -1.29. The van der Waals surface area contributed by atoms with Gasteiger partial charge in [0.1, 0.15) is 11.9 Å². The molecule has 3 nitrogen and oxygen atoms in total. The molecule has 0 spiro atoms. The first-order chi connectivity index (χ1) is 9.58. The Morgan fingerprint density at radius 3 is 2.55 bits per heavy atom. The van der Waals surface area contributed by atoms with E-state index < -0.39 is 0 Å². The minimum atomic E-state index is -0.382. The number of carbonyl (C=O) groups is 1. The zero-order chi connectivity index (χ0) is 14.5. The molecular formula is C15H20ClFN2O. The van der Waals surface area contributed by atoms with Crippen LogP contribution < -0.4 is 5.32 Å². The number of likely N-dealkylation sites (tertiary alicyclic amines) is 1. The molecule has 110 valence electrons. The number of anilines is 1. The summed E-state index contributed by atoms with van der Waals surface area (Å²) >= 11 is 5.96. The molecule has 1 atom stereocenters. The molecule has 1 heterocycles. The minimum absolute atomic E-state index is 0.0762. The largest absolute Gasteiger partial charge is 0.373 e. The van der Waals surface area contributed by atoms with Crippen molar-refractivity contribution in [3.8, 4) is 0 Å². The Labute approximate surface area is 124 Å². The van der Waals surface area contributed by atoms with Crippen LogP contribution in [-0.4, -0.2) is 29.9 Å². The van der Waals surface area contributed by atoms with Gasteiger partial charge in [-0.1, -0.05) is 24.4 Å². The van der Waals surface area contributed by atoms with E-state index in [0.717, 1.165) is 25.9 Å². The van der Waals surface area contributed by atoms with Crippen LogP contribution >= 0.6 is 11.6 Å². The number of hydrogen-bond acceptors (Lipinski definition) is 2. The highest BCUT2D eigenvalue weighted by Crippen LogP contribution is 2.23. The number of nitrogens with zero attached hydrogens (tertiary/aromatic N) is 1. The second-order valence-corrected chi connectivity index (χ2v) is 5.64. The van der Waals surface area contributed by atoms with Crippen molar-refractivity contribution in [2.75, 3.05) is 18.4 Å². The number of benzene rings is 1. The average molecular weight is 299 g/mol. The third kappa shape index (κ3) is 3.85. The first kappa shape index (κ1) is 15.1. The summed E-state index contributed by atoms with van der Waals surface area (Å²) in [5.41, 5.74) is 0.587. The van der Waals surface area contributed by atoms with Gasteiger partial charge in [-0.2, -0.15) is 0 Å². The van der Waals surface area contributed by atoms with Crippen molar-refractivity contribution in [2.24, 2.45) is 0 Å². The summed E-state index contributed by atoms with van der Waals surface area (Å²) in [5, 5.41) is 3.36. The van der Waals surface area contributed by atoms with Gasteiger partial charge in [-0.3, -0.25) is 4.79 Å². The van der Waals surface area contributed by atoms with Crippen molar-refractivity contribution in [1.29, 1.82) is 0 Å². The van der Waals surface area contributed by atoms with Gasteiger partial charge in [-0.25, -0.2) is 4.39 Å². The molecule has 0 radical (unpaired) electrons. The van der Waals surface area contributed by atoms with E-state index in [2.05, 4.69) is 5.32 Å². The number of rotatable bonds is 3. The fourth-order valence-electron chi connectivity index (χ4n) is 2.47. The minimum Gasteiger partial charge on any atom is -0.373 e. The maximum Gasteiger partial charge on any atom is 0.244 e. The number of carbonyl (C=O) groups excluding carboxylic acids is 1. The van der Waals surface area contributed by atoms with Crippen LogP contribution in [0.15, 0.2) is 18.2 Å². The number of amides is 1. The van der Waals surface area contributed by atoms with E-state index in [1.54, 1.807) is 6.07 Å². The van der Waals surface area contributed by atoms with Crippen molar-refractivity contribution < 1.29 is 9.18 Å². The van der Waals surface area contributed by atoms with Gasteiger partial charge in [0.2, 0.25) is 5.91 Å². The Balaban J connectivity index is 1.99. The lowest BCUT2D eigenvalue weighted by Crippen LogP contribution is -2.41. The number of halogens is 2. The Kier molecular flexibility index (Phi) is 5.24. The standard InChI is InChI=1S/C15H20ClFN2O/c1-11(15(20)19-8-4-2-3-5-9-19)18-14-7-6-12(17)10-13(14)16/h6-7,10-11,18H,2-5,8-9H2,1H3. The highest BCUT2D eigenvalue weighted by Gasteiger charge is 2.21. The van der Waals surface area contributed by atoms with Crippen LogP contribution in [0, 0.1) is 5.82 Å². The van der Waals surface area contributed by atoms with Crippen molar-refractivity contribution in [3.63, 3.8) is 0 Å². The summed E-state index contributed by atoms with van der Waals surface area (Å²) in [6.45, 7) is 3.46. The van der Waals surface area contributed by atoms with Crippen molar-refractivity contribution in [3.05, 3.63) is 29.0 Å². The fraction of sp³-hybridized carbons (Fsp3) is 0.533. The summed E-state index contributed by atoms with van der Waals surface area (Å²) < 4.78 is 13.0. The highest BCUT2D eigenvalue weighted by molar-refractivity contribution is 6.33. The second-order valence-electron chi connectivity index (χ2n) is 5.23. The van der Waals surface area contributed by atoms with Crippen LogP contribution in [-0.2, 0) is 4.79 Å². The molecule has 1 unspecified atom stereocenters. The molecule has 1 amide bonds. The van der Waals surface area contributed by atoms with Gasteiger partial charge in [0.25, 0.3) is 0 Å². The smallest absolute Gasteiger partial charge is 0.244 e. The summed E-state index contributed by atoms with van der Waals surface area (Å²) in [5.74, 6) is -0.306. The molecule has 0 aliphatic carbocycles. The van der Waals surface area contributed by atoms with Gasteiger partial charge in [-0.05, 0) is 38.0 Å². The summed E-state index contributed by atoms with van der Waals surface area (Å²) in [4.78, 5) is 14.3. The Bertz CT molecular complexity index is 473. The topological polar surface area (TPSA) is 32.3 Å². The van der Waals surface area contributed by atoms with Crippen LogP contribution in [0.2, 0.25) is 5.02 Å². The summed E-state index contributed by atoms with van der Waals surface area (Å²) in [6.07, 6.45) is 4.51. The molecule has 20 heavy (non-hydrogen) atoms. The van der Waals surface area contributed by atoms with Crippen LogP contribution in [0.5, 0.6) is 0 Å². The van der Waals surface area contributed by atoms with Crippen LogP contribution in [0.1, 0.15) is 32.6 Å². The monoisotopic (exact) mass is 298 g/mol. The van der Waals surface area contributed by atoms with E-state index in [1.165, 1.54) is 25.0 Å². The predicted molar refractivity (Wildman–Crippen MR) is 79.5 cm³/mol. The predicted octanol–water partition coefficient (Wildman–Crippen LogP) is 3.68. The normalized spacial score (nSPS) is 17.4. The molecule has 1 fully saturated rings. The van der Waals surface area contributed by atoms with Gasteiger partial charge in [0, 0.05) is 13.1 Å². The Morgan fingerprint density at radius 1 is 1.30 bits per heavy atom. The molecule has 5 heteroatoms. The van der Waals surface area contributed by atoms with E-state index in [1.807, 2.05) is 11.8 Å². The maximum atomic E-state index is 13.0. The van der Waals surface area contributed by atoms with E-state index in [9.17, 15) is 9.18 Å². The SMILES string of the molecule is CC(Nc1ccc(F)cc1Cl)C(=O)N1CCCCCC1. The van der Waals surface area contributed by atoms with Gasteiger partial charge < -0.3 is 10.2 Å². The molecule has 1 aliphatic rings. The molecule has 2 rings (SSSR count). The quantitative estimate of drug-likeness (QED) is 0.923. The molecule has 1 N–H and O–H groups in total. The molecule has 1 saturated heterocycles. The van der Waals surface area contributed by atoms with Gasteiger partial charge in [-0.15, -0.1) is 0 Å². The lowest BCUT2D eigenvalue weighted by Gasteiger charge is -2.25. The summed E-state index contributed by atoms with van der Waals surface area (Å²) in [7, 11) is 0. The maximum absolute atomic E-state index is 13.0. The average Bonchev–Trinajstić information content (AvgIpc) is 2.70. The molecule has 1 aromatic carbocycles. The van der Waals surface area contributed by atoms with Crippen LogP contribution in [0.4, 0.5) is 10.1 Å². The third-order valence-electron chi connectivity index (χ3n) is 3.59. The molecule has 0 saturated carbocycles. The first-order valence-electron chi connectivity index (χ1n) is 7.08. The molecule has 0 bridgehead atoms. The van der Waals surface area contributed by atoms with Gasteiger partial charge in [0.05, 0.1) is 10.7 Å². The lowest BCUT2D eigenvalue weighted by molar-refractivity contribution is -0.131. The molecule has 1 aliphatic heterocycles.